The molecule has 1 aliphatic heterocycles. The van der Waals surface area contributed by atoms with Gasteiger partial charge in [0, 0.05) is 48.6 Å². The molecule has 3 heterocycles. The van der Waals surface area contributed by atoms with Crippen molar-refractivity contribution in [2.75, 3.05) is 20.2 Å². The number of nitrogens with one attached hydrogen (secondary N) is 1. The van der Waals surface area contributed by atoms with Gasteiger partial charge in [-0.2, -0.15) is 5.10 Å². The molecular weight excluding hydrogens is 328 g/mol. The number of ether oxygens (including phenoxy) is 1. The van der Waals surface area contributed by atoms with Crippen molar-refractivity contribution in [1.82, 2.24) is 20.1 Å². The number of carbonyl (C=O) groups is 1. The van der Waals surface area contributed by atoms with Crippen LogP contribution in [-0.4, -0.2) is 46.2 Å². The summed E-state index contributed by atoms with van der Waals surface area (Å²) in [7, 11) is 1.56. The zero-order valence-electron chi connectivity index (χ0n) is 14.6. The summed E-state index contributed by atoms with van der Waals surface area (Å²) in [6.45, 7) is 1.32. The van der Waals surface area contributed by atoms with E-state index in [9.17, 15) is 4.79 Å². The highest BCUT2D eigenvalue weighted by molar-refractivity contribution is 5.94. The molecule has 26 heavy (non-hydrogen) atoms. The molecule has 0 saturated heterocycles. The second-order valence-corrected chi connectivity index (χ2v) is 6.28. The van der Waals surface area contributed by atoms with Crippen molar-refractivity contribution in [3.8, 4) is 17.1 Å². The lowest BCUT2D eigenvalue weighted by molar-refractivity contribution is 0.0762. The maximum Gasteiger partial charge on any atom is 0.255 e. The van der Waals surface area contributed by atoms with E-state index in [0.717, 1.165) is 29.8 Å². The highest BCUT2D eigenvalue weighted by Gasteiger charge is 2.23. The van der Waals surface area contributed by atoms with Gasteiger partial charge in [-0.15, -0.1) is 0 Å². The minimum atomic E-state index is -0.000439. The van der Waals surface area contributed by atoms with Crippen LogP contribution in [0, 0.1) is 0 Å². The Bertz CT molecular complexity index is 903. The predicted octanol–water partition coefficient (Wildman–Crippen LogP) is 2.72. The number of fused-ring (bicyclic) bond motifs is 1. The van der Waals surface area contributed by atoms with Crippen LogP contribution >= 0.6 is 0 Å². The largest absolute Gasteiger partial charge is 0.481 e. The molecule has 1 amide bonds. The van der Waals surface area contributed by atoms with Crippen molar-refractivity contribution in [3.63, 3.8) is 0 Å². The average molecular weight is 348 g/mol. The van der Waals surface area contributed by atoms with Gasteiger partial charge in [0.2, 0.25) is 5.88 Å². The van der Waals surface area contributed by atoms with E-state index in [1.807, 2.05) is 23.1 Å². The summed E-state index contributed by atoms with van der Waals surface area (Å²) in [6, 6.07) is 13.6. The van der Waals surface area contributed by atoms with Gasteiger partial charge in [0.25, 0.3) is 5.91 Å². The Kier molecular flexibility index (Phi) is 4.39. The molecular formula is C20H20N4O2. The first-order valence-corrected chi connectivity index (χ1v) is 8.67. The van der Waals surface area contributed by atoms with E-state index in [2.05, 4.69) is 27.3 Å². The first-order valence-electron chi connectivity index (χ1n) is 8.67. The van der Waals surface area contributed by atoms with Crippen molar-refractivity contribution in [3.05, 3.63) is 65.5 Å². The first kappa shape index (κ1) is 16.3. The highest BCUT2D eigenvalue weighted by atomic mass is 16.5. The van der Waals surface area contributed by atoms with Crippen molar-refractivity contribution in [2.45, 2.75) is 12.8 Å². The second-order valence-electron chi connectivity index (χ2n) is 6.28. The number of carbonyl (C=O) groups excluding carboxylic acids is 1. The lowest BCUT2D eigenvalue weighted by atomic mass is 10.0. The molecule has 6 nitrogen and oxygen atoms in total. The number of nitrogens with zero attached hydrogens (tertiary/aromatic N) is 3. The standard InChI is InChI=1S/C20H20N4O2/c1-26-18-8-7-15(13-21-18)20(25)24-11-9-16-17(10-12-24)22-23-19(16)14-5-3-2-4-6-14/h2-8,13H,9-12H2,1H3,(H,22,23). The summed E-state index contributed by atoms with van der Waals surface area (Å²) in [5, 5.41) is 7.67. The number of hydrogen-bond donors (Lipinski definition) is 1. The third-order valence-corrected chi connectivity index (χ3v) is 4.74. The zero-order valence-corrected chi connectivity index (χ0v) is 14.6. The van der Waals surface area contributed by atoms with E-state index in [4.69, 9.17) is 4.74 Å². The monoisotopic (exact) mass is 348 g/mol. The Labute approximate surface area is 151 Å². The van der Waals surface area contributed by atoms with E-state index >= 15 is 0 Å². The molecule has 4 rings (SSSR count). The van der Waals surface area contributed by atoms with Crippen LogP contribution in [0.5, 0.6) is 5.88 Å². The van der Waals surface area contributed by atoms with Crippen LogP contribution in [0.15, 0.2) is 48.7 Å². The van der Waals surface area contributed by atoms with E-state index < -0.39 is 0 Å². The fourth-order valence-corrected chi connectivity index (χ4v) is 3.33. The number of benzene rings is 1. The van der Waals surface area contributed by atoms with E-state index in [1.165, 1.54) is 5.56 Å². The van der Waals surface area contributed by atoms with Gasteiger partial charge in [0.15, 0.2) is 0 Å². The van der Waals surface area contributed by atoms with Gasteiger partial charge in [-0.1, -0.05) is 30.3 Å². The molecule has 0 aliphatic carbocycles. The molecule has 0 saturated carbocycles. The summed E-state index contributed by atoms with van der Waals surface area (Å²) in [5.41, 5.74) is 4.99. The van der Waals surface area contributed by atoms with Crippen LogP contribution in [0.4, 0.5) is 0 Å². The summed E-state index contributed by atoms with van der Waals surface area (Å²) >= 11 is 0. The fraction of sp³-hybridized carbons (Fsp3) is 0.250. The molecule has 0 atom stereocenters. The summed E-state index contributed by atoms with van der Waals surface area (Å²) in [6.07, 6.45) is 3.12. The normalized spacial score (nSPS) is 13.8. The van der Waals surface area contributed by atoms with Crippen LogP contribution in [0.25, 0.3) is 11.3 Å². The van der Waals surface area contributed by atoms with Gasteiger partial charge in [-0.05, 0) is 12.5 Å². The van der Waals surface area contributed by atoms with Gasteiger partial charge < -0.3 is 9.64 Å². The minimum absolute atomic E-state index is 0.000439. The van der Waals surface area contributed by atoms with Crippen LogP contribution in [0.2, 0.25) is 0 Å². The summed E-state index contributed by atoms with van der Waals surface area (Å²) in [4.78, 5) is 18.8. The lowest BCUT2D eigenvalue weighted by Crippen LogP contribution is -2.33. The van der Waals surface area contributed by atoms with Crippen LogP contribution in [0.3, 0.4) is 0 Å². The molecule has 1 N–H and O–H groups in total. The Morgan fingerprint density at radius 3 is 2.65 bits per heavy atom. The third kappa shape index (κ3) is 3.06. The van der Waals surface area contributed by atoms with Crippen LogP contribution in [0.1, 0.15) is 21.6 Å². The number of hydrogen-bond acceptors (Lipinski definition) is 4. The highest BCUT2D eigenvalue weighted by Crippen LogP contribution is 2.26. The van der Waals surface area contributed by atoms with Crippen molar-refractivity contribution in [1.29, 1.82) is 0 Å². The van der Waals surface area contributed by atoms with Gasteiger partial charge in [0.05, 0.1) is 18.4 Å². The molecule has 0 spiro atoms. The second kappa shape index (κ2) is 7.00. The Morgan fingerprint density at radius 2 is 1.92 bits per heavy atom. The number of rotatable bonds is 3. The number of aromatic nitrogens is 3. The maximum atomic E-state index is 12.8. The molecule has 0 bridgehead atoms. The number of H-pyrrole nitrogens is 1. The van der Waals surface area contributed by atoms with Gasteiger partial charge in [-0.3, -0.25) is 9.89 Å². The number of aromatic amines is 1. The Morgan fingerprint density at radius 1 is 1.12 bits per heavy atom. The smallest absolute Gasteiger partial charge is 0.255 e. The summed E-state index contributed by atoms with van der Waals surface area (Å²) in [5.74, 6) is 0.505. The van der Waals surface area contributed by atoms with Crippen molar-refractivity contribution in [2.24, 2.45) is 0 Å². The molecule has 132 valence electrons. The van der Waals surface area contributed by atoms with E-state index in [-0.39, 0.29) is 5.91 Å². The van der Waals surface area contributed by atoms with Gasteiger partial charge in [-0.25, -0.2) is 4.98 Å². The topological polar surface area (TPSA) is 71.1 Å². The fourth-order valence-electron chi connectivity index (χ4n) is 3.33. The first-order chi connectivity index (χ1) is 12.8. The van der Waals surface area contributed by atoms with Crippen molar-refractivity contribution < 1.29 is 9.53 Å². The van der Waals surface area contributed by atoms with Gasteiger partial charge in [0.1, 0.15) is 0 Å². The predicted molar refractivity (Wildman–Crippen MR) is 98.1 cm³/mol. The number of methoxy groups -OCH3 is 1. The summed E-state index contributed by atoms with van der Waals surface area (Å²) < 4.78 is 5.05. The Balaban J connectivity index is 1.53. The van der Waals surface area contributed by atoms with Gasteiger partial charge >= 0.3 is 0 Å². The van der Waals surface area contributed by atoms with E-state index in [0.29, 0.717) is 24.5 Å². The number of pyridine rings is 1. The lowest BCUT2D eigenvalue weighted by Gasteiger charge is -2.20. The average Bonchev–Trinajstić information content (AvgIpc) is 2.99. The molecule has 6 heteroatoms. The molecule has 1 aliphatic rings. The molecule has 0 unspecified atom stereocenters. The Hall–Kier alpha value is -3.15. The zero-order chi connectivity index (χ0) is 17.9. The quantitative estimate of drug-likeness (QED) is 0.790. The SMILES string of the molecule is COc1ccc(C(=O)N2CCc3[nH]nc(-c4ccccc4)c3CC2)cn1. The molecule has 0 radical (unpaired) electrons. The van der Waals surface area contributed by atoms with Crippen LogP contribution < -0.4 is 4.74 Å². The molecule has 3 aromatic rings. The number of amides is 1. The minimum Gasteiger partial charge on any atom is -0.481 e. The van der Waals surface area contributed by atoms with E-state index in [1.54, 1.807) is 25.4 Å². The molecule has 0 fully saturated rings. The van der Waals surface area contributed by atoms with Crippen molar-refractivity contribution >= 4 is 5.91 Å². The maximum absolute atomic E-state index is 12.8. The van der Waals surface area contributed by atoms with Crippen LogP contribution in [-0.2, 0) is 12.8 Å². The third-order valence-electron chi connectivity index (χ3n) is 4.74. The molecule has 2 aromatic heterocycles. The molecule has 1 aromatic carbocycles.